The van der Waals surface area contributed by atoms with Crippen LogP contribution in [0.1, 0.15) is 35.2 Å². The molecule has 0 N–H and O–H groups in total. The van der Waals surface area contributed by atoms with Crippen LogP contribution in [0.4, 0.5) is 5.69 Å². The molecule has 2 aromatic rings. The summed E-state index contributed by atoms with van der Waals surface area (Å²) < 4.78 is 5.15. The summed E-state index contributed by atoms with van der Waals surface area (Å²) in [5, 5.41) is 14.6. The lowest BCUT2D eigenvalue weighted by Gasteiger charge is -2.03. The first-order chi connectivity index (χ1) is 12.5. The first kappa shape index (κ1) is 17.6. The first-order valence-corrected chi connectivity index (χ1v) is 8.14. The van der Waals surface area contributed by atoms with E-state index in [-0.39, 0.29) is 17.2 Å². The van der Waals surface area contributed by atoms with Crippen molar-refractivity contribution < 1.29 is 19.3 Å². The van der Waals surface area contributed by atoms with Gasteiger partial charge in [-0.1, -0.05) is 17.3 Å². The molecule has 7 nitrogen and oxygen atoms in total. The Hall–Kier alpha value is -3.22. The molecule has 0 amide bonds. The molecule has 0 heterocycles. The number of hydrogen-bond acceptors (Lipinski definition) is 6. The minimum Gasteiger partial charge on any atom is -0.497 e. The van der Waals surface area contributed by atoms with Crippen molar-refractivity contribution in [3.63, 3.8) is 0 Å². The number of rotatable bonds is 6. The molecule has 1 fully saturated rings. The molecule has 1 aliphatic rings. The number of carbonyl (C=O) groups excluding carboxylic acids is 1. The molecule has 0 spiro atoms. The number of non-ortho nitro benzene ring substituents is 1. The molecule has 0 saturated heterocycles. The number of oxime groups is 1. The van der Waals surface area contributed by atoms with Gasteiger partial charge in [-0.05, 0) is 49.1 Å². The van der Waals surface area contributed by atoms with Gasteiger partial charge in [0.1, 0.15) is 5.75 Å². The third-order valence-corrected chi connectivity index (χ3v) is 4.46. The molecule has 0 aliphatic heterocycles. The summed E-state index contributed by atoms with van der Waals surface area (Å²) in [5.74, 6) is 0.782. The number of hydrogen-bond donors (Lipinski definition) is 0. The van der Waals surface area contributed by atoms with E-state index < -0.39 is 10.9 Å². The monoisotopic (exact) mass is 354 g/mol. The first-order valence-electron chi connectivity index (χ1n) is 8.14. The fourth-order valence-corrected chi connectivity index (χ4v) is 2.83. The highest BCUT2D eigenvalue weighted by atomic mass is 16.7. The van der Waals surface area contributed by atoms with Crippen LogP contribution in [0.2, 0.25) is 0 Å². The van der Waals surface area contributed by atoms with Crippen molar-refractivity contribution in [1.82, 2.24) is 0 Å². The van der Waals surface area contributed by atoms with E-state index in [0.29, 0.717) is 5.92 Å². The lowest BCUT2D eigenvalue weighted by Crippen LogP contribution is -2.05. The predicted molar refractivity (Wildman–Crippen MR) is 95.5 cm³/mol. The van der Waals surface area contributed by atoms with E-state index in [4.69, 9.17) is 9.57 Å². The average Bonchev–Trinajstić information content (AvgIpc) is 3.47. The van der Waals surface area contributed by atoms with Crippen molar-refractivity contribution in [1.29, 1.82) is 0 Å². The van der Waals surface area contributed by atoms with E-state index >= 15 is 0 Å². The molecule has 134 valence electrons. The van der Waals surface area contributed by atoms with Crippen molar-refractivity contribution in [3.05, 3.63) is 69.8 Å². The van der Waals surface area contributed by atoms with Gasteiger partial charge in [0.05, 0.1) is 23.3 Å². The smallest absolute Gasteiger partial charge is 0.365 e. The number of benzene rings is 2. The largest absolute Gasteiger partial charge is 0.497 e. The number of carbonyl (C=O) groups is 1. The molecule has 3 rings (SSSR count). The maximum atomic E-state index is 12.0. The van der Waals surface area contributed by atoms with Crippen molar-refractivity contribution in [3.8, 4) is 5.75 Å². The summed E-state index contributed by atoms with van der Waals surface area (Å²) in [6.07, 6.45) is 0.955. The fraction of sp³-hybridized carbons (Fsp3) is 0.263. The lowest BCUT2D eigenvalue weighted by molar-refractivity contribution is -0.384. The summed E-state index contributed by atoms with van der Waals surface area (Å²) in [6, 6.07) is 13.1. The van der Waals surface area contributed by atoms with Gasteiger partial charge in [-0.3, -0.25) is 10.1 Å². The summed E-state index contributed by atoms with van der Waals surface area (Å²) in [5.41, 5.74) is 2.09. The molecule has 2 atom stereocenters. The second kappa shape index (κ2) is 7.35. The van der Waals surface area contributed by atoms with Crippen LogP contribution in [0.25, 0.3) is 0 Å². The molecule has 1 saturated carbocycles. The van der Waals surface area contributed by atoms with Crippen molar-refractivity contribution in [2.24, 2.45) is 11.1 Å². The number of nitro benzene ring substituents is 1. The molecule has 26 heavy (non-hydrogen) atoms. The van der Waals surface area contributed by atoms with Crippen LogP contribution < -0.4 is 4.74 Å². The predicted octanol–water partition coefficient (Wildman–Crippen LogP) is 3.94. The van der Waals surface area contributed by atoms with E-state index in [1.54, 1.807) is 7.11 Å². The van der Waals surface area contributed by atoms with Gasteiger partial charge in [0.2, 0.25) is 0 Å². The minimum atomic E-state index is -0.638. The van der Waals surface area contributed by atoms with Gasteiger partial charge in [-0.25, -0.2) is 4.79 Å². The zero-order valence-electron chi connectivity index (χ0n) is 14.4. The molecule has 1 aliphatic carbocycles. The lowest BCUT2D eigenvalue weighted by atomic mass is 10.1. The van der Waals surface area contributed by atoms with Gasteiger partial charge in [0.25, 0.3) is 5.69 Å². The molecular formula is C19H18N2O5. The Morgan fingerprint density at radius 3 is 2.38 bits per heavy atom. The Balaban J connectivity index is 1.58. The Bertz CT molecular complexity index is 843. The normalized spacial score (nSPS) is 18.9. The number of methoxy groups -OCH3 is 1. The second-order valence-electron chi connectivity index (χ2n) is 6.14. The van der Waals surface area contributed by atoms with Crippen LogP contribution in [0.15, 0.2) is 53.7 Å². The van der Waals surface area contributed by atoms with Crippen molar-refractivity contribution >= 4 is 17.4 Å². The van der Waals surface area contributed by atoms with Crippen LogP contribution in [-0.4, -0.2) is 23.7 Å². The summed E-state index contributed by atoms with van der Waals surface area (Å²) in [7, 11) is 1.63. The fourth-order valence-electron chi connectivity index (χ4n) is 2.83. The van der Waals surface area contributed by atoms with Gasteiger partial charge in [0.15, 0.2) is 0 Å². The maximum Gasteiger partial charge on any atom is 0.365 e. The molecular weight excluding hydrogens is 336 g/mol. The molecule has 0 bridgehead atoms. The summed E-state index contributed by atoms with van der Waals surface area (Å²) in [4.78, 5) is 27.1. The number of nitro groups is 1. The highest BCUT2D eigenvalue weighted by molar-refractivity contribution is 5.92. The van der Waals surface area contributed by atoms with E-state index in [1.165, 1.54) is 29.8 Å². The third-order valence-electron chi connectivity index (χ3n) is 4.46. The Morgan fingerprint density at radius 1 is 1.15 bits per heavy atom. The van der Waals surface area contributed by atoms with Crippen LogP contribution in [0.5, 0.6) is 5.75 Å². The van der Waals surface area contributed by atoms with Crippen LogP contribution in [0, 0.1) is 16.0 Å². The molecule has 2 aromatic carbocycles. The van der Waals surface area contributed by atoms with Gasteiger partial charge < -0.3 is 9.57 Å². The second-order valence-corrected chi connectivity index (χ2v) is 6.14. The molecule has 0 radical (unpaired) electrons. The Labute approximate surface area is 150 Å². The topological polar surface area (TPSA) is 91.0 Å². The van der Waals surface area contributed by atoms with E-state index in [1.807, 2.05) is 31.2 Å². The number of ether oxygens (including phenoxy) is 1. The number of nitrogens with zero attached hydrogens (tertiary/aromatic N) is 2. The minimum absolute atomic E-state index is 0.0819. The zero-order valence-corrected chi connectivity index (χ0v) is 14.4. The zero-order chi connectivity index (χ0) is 18.7. The molecule has 2 unspecified atom stereocenters. The van der Waals surface area contributed by atoms with E-state index in [9.17, 15) is 14.9 Å². The Kier molecular flexibility index (Phi) is 4.97. The van der Waals surface area contributed by atoms with Gasteiger partial charge in [-0.15, -0.1) is 0 Å². The quantitative estimate of drug-likeness (QED) is 0.339. The van der Waals surface area contributed by atoms with E-state index in [0.717, 1.165) is 17.9 Å². The van der Waals surface area contributed by atoms with E-state index in [2.05, 4.69) is 5.16 Å². The standard InChI is InChI=1S/C19H18N2O5/c1-12(17-11-18(17)13-5-9-16(25-2)10-6-13)20-26-19(22)14-3-7-15(8-4-14)21(23)24/h3-10,17-18H,11H2,1-2H3/b20-12+. The highest BCUT2D eigenvalue weighted by Crippen LogP contribution is 2.48. The van der Waals surface area contributed by atoms with Crippen LogP contribution in [0.3, 0.4) is 0 Å². The van der Waals surface area contributed by atoms with Crippen LogP contribution >= 0.6 is 0 Å². The van der Waals surface area contributed by atoms with Crippen molar-refractivity contribution in [2.75, 3.05) is 7.11 Å². The highest BCUT2D eigenvalue weighted by Gasteiger charge is 2.40. The van der Waals surface area contributed by atoms with Crippen LogP contribution in [-0.2, 0) is 4.84 Å². The summed E-state index contributed by atoms with van der Waals surface area (Å²) in [6.45, 7) is 1.83. The van der Waals surface area contributed by atoms with Gasteiger partial charge in [-0.2, -0.15) is 0 Å². The third kappa shape index (κ3) is 3.88. The van der Waals surface area contributed by atoms with Crippen molar-refractivity contribution in [2.45, 2.75) is 19.3 Å². The SMILES string of the molecule is COc1ccc(C2CC2/C(C)=N/OC(=O)c2ccc([N+](=O)[O-])cc2)cc1. The maximum absolute atomic E-state index is 12.0. The Morgan fingerprint density at radius 2 is 1.81 bits per heavy atom. The average molecular weight is 354 g/mol. The van der Waals surface area contributed by atoms with Gasteiger partial charge >= 0.3 is 5.97 Å². The van der Waals surface area contributed by atoms with Gasteiger partial charge in [0, 0.05) is 18.1 Å². The molecule has 0 aromatic heterocycles. The molecule has 7 heteroatoms. The summed E-state index contributed by atoms with van der Waals surface area (Å²) >= 11 is 0.